The smallest absolute Gasteiger partial charge is 0.387 e. The van der Waals surface area contributed by atoms with E-state index in [1.54, 1.807) is 12.1 Å². The van der Waals surface area contributed by atoms with Crippen LogP contribution in [0.3, 0.4) is 0 Å². The molecule has 0 fully saturated rings. The lowest BCUT2D eigenvalue weighted by Gasteiger charge is -2.11. The van der Waals surface area contributed by atoms with Crippen LogP contribution in [0.2, 0.25) is 0 Å². The minimum Gasteiger partial charge on any atom is -0.435 e. The summed E-state index contributed by atoms with van der Waals surface area (Å²) in [5.41, 5.74) is 7.27. The van der Waals surface area contributed by atoms with E-state index in [2.05, 4.69) is 20.0 Å². The summed E-state index contributed by atoms with van der Waals surface area (Å²) in [5, 5.41) is 3.07. The molecule has 0 spiro atoms. The molecule has 1 aromatic heterocycles. The third-order valence-corrected chi connectivity index (χ3v) is 2.67. The van der Waals surface area contributed by atoms with Crippen LogP contribution in [0.4, 0.5) is 26.1 Å². The number of alkyl halides is 2. The largest absolute Gasteiger partial charge is 0.435 e. The third-order valence-electron chi connectivity index (χ3n) is 2.67. The molecule has 0 amide bonds. The lowest BCUT2D eigenvalue weighted by Crippen LogP contribution is -2.05. The van der Waals surface area contributed by atoms with E-state index in [1.165, 1.54) is 18.5 Å². The molecular weight excluding hydrogens is 266 g/mol. The van der Waals surface area contributed by atoms with Crippen LogP contribution < -0.4 is 15.8 Å². The van der Waals surface area contributed by atoms with Gasteiger partial charge in [-0.2, -0.15) is 8.78 Å². The van der Waals surface area contributed by atoms with Crippen LogP contribution in [0.5, 0.6) is 5.75 Å². The van der Waals surface area contributed by atoms with Crippen molar-refractivity contribution in [2.45, 2.75) is 20.0 Å². The average Bonchev–Trinajstić information content (AvgIpc) is 2.41. The maximum atomic E-state index is 12.0. The van der Waals surface area contributed by atoms with Crippen LogP contribution in [0.1, 0.15) is 12.5 Å². The van der Waals surface area contributed by atoms with Gasteiger partial charge in [-0.15, -0.1) is 0 Å². The molecule has 106 valence electrons. The Morgan fingerprint density at radius 2 is 1.95 bits per heavy atom. The minimum atomic E-state index is -2.83. The van der Waals surface area contributed by atoms with E-state index in [0.29, 0.717) is 23.7 Å². The SMILES string of the molecule is CCc1c(N)ncnc1Nc1ccc(OC(F)F)cc1. The Hall–Kier alpha value is -2.44. The number of nitrogens with zero attached hydrogens (tertiary/aromatic N) is 2. The van der Waals surface area contributed by atoms with Gasteiger partial charge in [-0.1, -0.05) is 6.92 Å². The second kappa shape index (κ2) is 6.14. The highest BCUT2D eigenvalue weighted by molar-refractivity contribution is 5.64. The van der Waals surface area contributed by atoms with Crippen molar-refractivity contribution in [3.63, 3.8) is 0 Å². The summed E-state index contributed by atoms with van der Waals surface area (Å²) in [6, 6.07) is 6.14. The van der Waals surface area contributed by atoms with Gasteiger partial charge in [0.25, 0.3) is 0 Å². The zero-order valence-corrected chi connectivity index (χ0v) is 10.8. The van der Waals surface area contributed by atoms with Gasteiger partial charge in [0.15, 0.2) is 0 Å². The van der Waals surface area contributed by atoms with Gasteiger partial charge < -0.3 is 15.8 Å². The van der Waals surface area contributed by atoms with Gasteiger partial charge in [0, 0.05) is 11.3 Å². The Kier molecular flexibility index (Phi) is 4.29. The molecule has 1 aromatic carbocycles. The summed E-state index contributed by atoms with van der Waals surface area (Å²) < 4.78 is 28.4. The number of hydrogen-bond acceptors (Lipinski definition) is 5. The first-order valence-corrected chi connectivity index (χ1v) is 6.01. The maximum absolute atomic E-state index is 12.0. The van der Waals surface area contributed by atoms with Gasteiger partial charge in [0.2, 0.25) is 0 Å². The number of rotatable bonds is 5. The normalized spacial score (nSPS) is 10.6. The van der Waals surface area contributed by atoms with E-state index in [9.17, 15) is 8.78 Å². The van der Waals surface area contributed by atoms with Gasteiger partial charge in [-0.25, -0.2) is 9.97 Å². The van der Waals surface area contributed by atoms with E-state index in [1.807, 2.05) is 6.92 Å². The standard InChI is InChI=1S/C13H14F2N4O/c1-2-10-11(16)17-7-18-12(10)19-8-3-5-9(6-4-8)20-13(14)15/h3-7,13H,2H2,1H3,(H3,16,17,18,19). The molecule has 1 heterocycles. The second-order valence-corrected chi connectivity index (χ2v) is 3.97. The summed E-state index contributed by atoms with van der Waals surface area (Å²) in [4.78, 5) is 8.05. The lowest BCUT2D eigenvalue weighted by molar-refractivity contribution is -0.0498. The molecule has 5 nitrogen and oxygen atoms in total. The van der Waals surface area contributed by atoms with Crippen LogP contribution >= 0.6 is 0 Å². The Morgan fingerprint density at radius 1 is 1.25 bits per heavy atom. The van der Waals surface area contributed by atoms with Crippen LogP contribution in [-0.4, -0.2) is 16.6 Å². The Labute approximate surface area is 114 Å². The quantitative estimate of drug-likeness (QED) is 0.880. The van der Waals surface area contributed by atoms with Crippen molar-refractivity contribution in [3.8, 4) is 5.75 Å². The molecule has 0 unspecified atom stereocenters. The van der Waals surface area contributed by atoms with Crippen molar-refractivity contribution < 1.29 is 13.5 Å². The van der Waals surface area contributed by atoms with E-state index >= 15 is 0 Å². The Balaban J connectivity index is 2.16. The maximum Gasteiger partial charge on any atom is 0.387 e. The molecule has 2 rings (SSSR count). The number of halogens is 2. The molecule has 0 aliphatic rings. The predicted octanol–water partition coefficient (Wildman–Crippen LogP) is 2.97. The van der Waals surface area contributed by atoms with Crippen molar-refractivity contribution >= 4 is 17.3 Å². The molecule has 0 aliphatic heterocycles. The number of aromatic nitrogens is 2. The number of anilines is 3. The molecule has 0 saturated carbocycles. The van der Waals surface area contributed by atoms with E-state index in [0.717, 1.165) is 5.56 Å². The zero-order chi connectivity index (χ0) is 14.5. The first-order chi connectivity index (χ1) is 9.60. The highest BCUT2D eigenvalue weighted by Crippen LogP contribution is 2.24. The van der Waals surface area contributed by atoms with Gasteiger partial charge in [0.1, 0.15) is 23.7 Å². The van der Waals surface area contributed by atoms with Gasteiger partial charge in [-0.05, 0) is 30.7 Å². The lowest BCUT2D eigenvalue weighted by atomic mass is 10.2. The Bertz CT molecular complexity index is 575. The van der Waals surface area contributed by atoms with Crippen LogP contribution in [0.15, 0.2) is 30.6 Å². The minimum absolute atomic E-state index is 0.100. The number of nitrogens with one attached hydrogen (secondary N) is 1. The molecule has 0 radical (unpaired) electrons. The molecule has 0 aliphatic carbocycles. The monoisotopic (exact) mass is 280 g/mol. The molecule has 3 N–H and O–H groups in total. The van der Waals surface area contributed by atoms with Gasteiger partial charge in [0.05, 0.1) is 0 Å². The van der Waals surface area contributed by atoms with Crippen molar-refractivity contribution in [2.24, 2.45) is 0 Å². The number of nitrogens with two attached hydrogens (primary N) is 1. The van der Waals surface area contributed by atoms with E-state index in [4.69, 9.17) is 5.73 Å². The first kappa shape index (κ1) is 14.0. The highest BCUT2D eigenvalue weighted by Gasteiger charge is 2.08. The average molecular weight is 280 g/mol. The van der Waals surface area contributed by atoms with Crippen LogP contribution in [0.25, 0.3) is 0 Å². The molecule has 7 heteroatoms. The topological polar surface area (TPSA) is 73.1 Å². The number of benzene rings is 1. The predicted molar refractivity (Wildman–Crippen MR) is 72.2 cm³/mol. The van der Waals surface area contributed by atoms with Gasteiger partial charge in [-0.3, -0.25) is 0 Å². The van der Waals surface area contributed by atoms with Crippen molar-refractivity contribution in [3.05, 3.63) is 36.2 Å². The van der Waals surface area contributed by atoms with Gasteiger partial charge >= 0.3 is 6.61 Å². The fourth-order valence-corrected chi connectivity index (χ4v) is 1.74. The summed E-state index contributed by atoms with van der Waals surface area (Å²) in [6.45, 7) is -0.887. The second-order valence-electron chi connectivity index (χ2n) is 3.97. The molecule has 20 heavy (non-hydrogen) atoms. The van der Waals surface area contributed by atoms with E-state index in [-0.39, 0.29) is 5.75 Å². The highest BCUT2D eigenvalue weighted by atomic mass is 19.3. The molecule has 2 aromatic rings. The fourth-order valence-electron chi connectivity index (χ4n) is 1.74. The summed E-state index contributed by atoms with van der Waals surface area (Å²) >= 11 is 0. The van der Waals surface area contributed by atoms with Crippen molar-refractivity contribution in [1.82, 2.24) is 9.97 Å². The van der Waals surface area contributed by atoms with E-state index < -0.39 is 6.61 Å². The molecule has 0 saturated heterocycles. The molecular formula is C13H14F2N4O. The number of hydrogen-bond donors (Lipinski definition) is 2. The molecule has 0 atom stereocenters. The zero-order valence-electron chi connectivity index (χ0n) is 10.8. The van der Waals surface area contributed by atoms with Crippen LogP contribution in [-0.2, 0) is 6.42 Å². The fraction of sp³-hybridized carbons (Fsp3) is 0.231. The van der Waals surface area contributed by atoms with Crippen molar-refractivity contribution in [2.75, 3.05) is 11.1 Å². The van der Waals surface area contributed by atoms with Crippen LogP contribution in [0, 0.1) is 0 Å². The molecule has 0 bridgehead atoms. The first-order valence-electron chi connectivity index (χ1n) is 6.01. The number of ether oxygens (including phenoxy) is 1. The summed E-state index contributed by atoms with van der Waals surface area (Å²) in [6.07, 6.45) is 2.05. The summed E-state index contributed by atoms with van der Waals surface area (Å²) in [7, 11) is 0. The van der Waals surface area contributed by atoms with Crippen molar-refractivity contribution in [1.29, 1.82) is 0 Å². The Morgan fingerprint density at radius 3 is 2.55 bits per heavy atom. The third kappa shape index (κ3) is 3.31. The summed E-state index contributed by atoms with van der Waals surface area (Å²) in [5.74, 6) is 1.12. The number of nitrogen functional groups attached to an aromatic ring is 1.